The molecule has 0 amide bonds. The van der Waals surface area contributed by atoms with Crippen molar-refractivity contribution in [2.45, 2.75) is 75.8 Å². The predicted molar refractivity (Wildman–Crippen MR) is 195 cm³/mol. The fourth-order valence-corrected chi connectivity index (χ4v) is 6.92. The van der Waals surface area contributed by atoms with E-state index in [1.165, 1.54) is 16.6 Å². The normalized spacial score (nSPS) is 23.3. The fourth-order valence-electron chi connectivity index (χ4n) is 6.92. The van der Waals surface area contributed by atoms with Crippen molar-refractivity contribution in [3.63, 3.8) is 0 Å². The molecule has 0 aromatic heterocycles. The van der Waals surface area contributed by atoms with E-state index in [9.17, 15) is 0 Å². The quantitative estimate of drug-likeness (QED) is 0.137. The van der Waals surface area contributed by atoms with Crippen LogP contribution in [0.5, 0.6) is 0 Å². The fraction of sp³-hybridized carbons (Fsp3) is 0.400. The molecule has 0 spiro atoms. The maximum absolute atomic E-state index is 6.54. The minimum Gasteiger partial charge on any atom is -0.399 e. The summed E-state index contributed by atoms with van der Waals surface area (Å²) in [6.07, 6.45) is 3.13. The molecule has 250 valence electrons. The van der Waals surface area contributed by atoms with Gasteiger partial charge in [0.15, 0.2) is 0 Å². The van der Waals surface area contributed by atoms with Gasteiger partial charge in [-0.3, -0.25) is 0 Å². The van der Waals surface area contributed by atoms with Crippen LogP contribution in [-0.2, 0) is 39.5 Å². The highest BCUT2D eigenvalue weighted by Gasteiger charge is 2.51. The number of hydrogen-bond donors (Lipinski definition) is 0. The Balaban J connectivity index is 1.20. The summed E-state index contributed by atoms with van der Waals surface area (Å²) in [5.41, 5.74) is 7.57. The van der Waals surface area contributed by atoms with E-state index in [4.69, 9.17) is 28.3 Å². The summed E-state index contributed by atoms with van der Waals surface area (Å²) in [5, 5.41) is 0. The van der Waals surface area contributed by atoms with E-state index >= 15 is 0 Å². The van der Waals surface area contributed by atoms with Gasteiger partial charge in [0.05, 0.1) is 22.4 Å². The lowest BCUT2D eigenvalue weighted by Crippen LogP contribution is -2.43. The molecule has 1 heterocycles. The van der Waals surface area contributed by atoms with E-state index in [2.05, 4.69) is 133 Å². The molecule has 6 rings (SSSR count). The van der Waals surface area contributed by atoms with Crippen molar-refractivity contribution in [3.8, 4) is 22.3 Å². The van der Waals surface area contributed by atoms with E-state index in [1.807, 2.05) is 0 Å². The van der Waals surface area contributed by atoms with Gasteiger partial charge < -0.3 is 28.3 Å². The second kappa shape index (κ2) is 13.9. The van der Waals surface area contributed by atoms with Crippen LogP contribution >= 0.6 is 0 Å². The highest BCUT2D eigenvalue weighted by Crippen LogP contribution is 2.50. The van der Waals surface area contributed by atoms with Crippen LogP contribution in [0.25, 0.3) is 22.3 Å². The van der Waals surface area contributed by atoms with Gasteiger partial charge in [0.25, 0.3) is 0 Å². The van der Waals surface area contributed by atoms with Crippen LogP contribution < -0.4 is 10.9 Å². The third-order valence-electron chi connectivity index (χ3n) is 10.7. The first kappa shape index (κ1) is 34.6. The largest absolute Gasteiger partial charge is 0.494 e. The maximum Gasteiger partial charge on any atom is 0.494 e. The third-order valence-corrected chi connectivity index (χ3v) is 10.7. The highest BCUT2D eigenvalue weighted by atomic mass is 16.7. The van der Waals surface area contributed by atoms with Crippen molar-refractivity contribution in [3.05, 3.63) is 108 Å². The van der Waals surface area contributed by atoms with Crippen molar-refractivity contribution in [1.82, 2.24) is 0 Å². The van der Waals surface area contributed by atoms with Crippen molar-refractivity contribution in [1.29, 1.82) is 0 Å². The van der Waals surface area contributed by atoms with E-state index in [0.717, 1.165) is 53.4 Å². The molecule has 4 aromatic carbocycles. The van der Waals surface area contributed by atoms with Gasteiger partial charge in [0.1, 0.15) is 21.4 Å². The molecular formula is C40H48B2O6. The van der Waals surface area contributed by atoms with Gasteiger partial charge in [-0.05, 0) is 92.2 Å². The third kappa shape index (κ3) is 6.93. The molecule has 8 heteroatoms. The van der Waals surface area contributed by atoms with E-state index in [-0.39, 0.29) is 31.9 Å². The summed E-state index contributed by atoms with van der Waals surface area (Å²) in [4.78, 5) is 0. The van der Waals surface area contributed by atoms with Gasteiger partial charge in [-0.2, -0.15) is 0 Å². The number of ether oxygens (including phenoxy) is 4. The Morgan fingerprint density at radius 3 is 1.23 bits per heavy atom. The van der Waals surface area contributed by atoms with Crippen molar-refractivity contribution in [2.24, 2.45) is 0 Å². The zero-order valence-electron chi connectivity index (χ0n) is 29.5. The van der Waals surface area contributed by atoms with E-state index in [1.54, 1.807) is 14.2 Å². The average molecular weight is 646 g/mol. The SMILES string of the molecule is Bc1ccc(-c2ccc(C3(OCOC)CCC(OCOC)(c4ccc(-c5ccc(B6OC(C)(C)C(C)(C)O6)cc5)cc4)CC3)cc2)cc1. The molecule has 6 nitrogen and oxygen atoms in total. The van der Waals surface area contributed by atoms with Crippen LogP contribution in [0, 0.1) is 0 Å². The number of benzene rings is 4. The van der Waals surface area contributed by atoms with E-state index in [0.29, 0.717) is 0 Å². The Labute approximate surface area is 287 Å². The Bertz CT molecular complexity index is 1630. The second-order valence-corrected chi connectivity index (χ2v) is 14.3. The summed E-state index contributed by atoms with van der Waals surface area (Å²) in [7, 11) is 5.09. The summed E-state index contributed by atoms with van der Waals surface area (Å²) >= 11 is 0. The zero-order valence-corrected chi connectivity index (χ0v) is 29.5. The molecule has 2 fully saturated rings. The van der Waals surface area contributed by atoms with Crippen LogP contribution in [0.3, 0.4) is 0 Å². The van der Waals surface area contributed by atoms with Crippen LogP contribution in [0.2, 0.25) is 0 Å². The first-order chi connectivity index (χ1) is 23.0. The predicted octanol–water partition coefficient (Wildman–Crippen LogP) is 6.48. The minimum atomic E-state index is -0.489. The lowest BCUT2D eigenvalue weighted by Gasteiger charge is -2.46. The number of rotatable bonds is 11. The molecule has 1 saturated heterocycles. The van der Waals surface area contributed by atoms with Gasteiger partial charge in [-0.15, -0.1) is 0 Å². The molecule has 0 radical (unpaired) electrons. The van der Waals surface area contributed by atoms with E-state index < -0.39 is 11.2 Å². The van der Waals surface area contributed by atoms with Gasteiger partial charge >= 0.3 is 7.12 Å². The second-order valence-electron chi connectivity index (χ2n) is 14.3. The first-order valence-electron chi connectivity index (χ1n) is 17.0. The van der Waals surface area contributed by atoms with Crippen LogP contribution in [0.1, 0.15) is 64.5 Å². The van der Waals surface area contributed by atoms with Crippen LogP contribution in [-0.4, -0.2) is 54.0 Å². The highest BCUT2D eigenvalue weighted by molar-refractivity contribution is 6.62. The molecule has 4 aromatic rings. The standard InChI is InChI=1S/C40H48B2O6/c1-37(2)38(3,4)48-42(47-37)36-21-13-32(14-22-36)30-9-17-34(18-10-30)40(46-28-44-6)25-23-39(24-26-40,45-27-43-5)33-15-7-29(8-16-33)31-11-19-35(41)20-12-31/h7-22H,23-28,41H2,1-6H3. The summed E-state index contributed by atoms with van der Waals surface area (Å²) in [6, 6.07) is 34.7. The summed E-state index contributed by atoms with van der Waals surface area (Å²) in [5.74, 6) is 0. The smallest absolute Gasteiger partial charge is 0.399 e. The van der Waals surface area contributed by atoms with Crippen molar-refractivity contribution >= 4 is 25.9 Å². The Kier molecular flexibility index (Phi) is 10.1. The Morgan fingerprint density at radius 1 is 0.542 bits per heavy atom. The first-order valence-corrected chi connectivity index (χ1v) is 17.0. The lowest BCUT2D eigenvalue weighted by molar-refractivity contribution is -0.203. The van der Waals surface area contributed by atoms with Crippen molar-refractivity contribution < 1.29 is 28.3 Å². The lowest BCUT2D eigenvalue weighted by atomic mass is 9.70. The van der Waals surface area contributed by atoms with Crippen molar-refractivity contribution in [2.75, 3.05) is 27.8 Å². The minimum absolute atomic E-state index is 0.222. The monoisotopic (exact) mass is 646 g/mol. The van der Waals surface area contributed by atoms with Gasteiger partial charge in [-0.25, -0.2) is 0 Å². The van der Waals surface area contributed by atoms with Gasteiger partial charge in [0.2, 0.25) is 0 Å². The zero-order chi connectivity index (χ0) is 34.0. The maximum atomic E-state index is 6.54. The number of hydrogen-bond acceptors (Lipinski definition) is 6. The number of methoxy groups -OCH3 is 2. The summed E-state index contributed by atoms with van der Waals surface area (Å²) < 4.78 is 36.4. The molecule has 0 atom stereocenters. The van der Waals surface area contributed by atoms with Gasteiger partial charge in [-0.1, -0.05) is 103 Å². The van der Waals surface area contributed by atoms with Crippen LogP contribution in [0.15, 0.2) is 97.1 Å². The van der Waals surface area contributed by atoms with Crippen LogP contribution in [0.4, 0.5) is 0 Å². The molecule has 48 heavy (non-hydrogen) atoms. The Morgan fingerprint density at radius 2 is 0.875 bits per heavy atom. The Hall–Kier alpha value is -3.23. The topological polar surface area (TPSA) is 55.4 Å². The molecule has 0 bridgehead atoms. The molecule has 1 saturated carbocycles. The average Bonchev–Trinajstić information content (AvgIpc) is 3.33. The molecule has 0 N–H and O–H groups in total. The molecule has 2 aliphatic rings. The molecule has 0 unspecified atom stereocenters. The van der Waals surface area contributed by atoms with Gasteiger partial charge in [0, 0.05) is 14.2 Å². The molecule has 1 aliphatic heterocycles. The summed E-state index contributed by atoms with van der Waals surface area (Å²) in [6.45, 7) is 8.76. The molecule has 1 aliphatic carbocycles. The molecular weight excluding hydrogens is 598 g/mol.